The lowest BCUT2D eigenvalue weighted by Gasteiger charge is -2.33. The highest BCUT2D eigenvalue weighted by atomic mass is 35.5. The number of halogens is 4. The summed E-state index contributed by atoms with van der Waals surface area (Å²) in [5, 5.41) is 10.6. The van der Waals surface area contributed by atoms with Crippen molar-refractivity contribution in [2.75, 3.05) is 0 Å². The molecule has 0 radical (unpaired) electrons. The van der Waals surface area contributed by atoms with E-state index >= 15 is 0 Å². The first-order valence-electron chi connectivity index (χ1n) is 12.0. The summed E-state index contributed by atoms with van der Waals surface area (Å²) in [6.07, 6.45) is 2.59. The number of carboxylic acids is 1. The average Bonchev–Trinajstić information content (AvgIpc) is 3.44. The van der Waals surface area contributed by atoms with E-state index in [0.29, 0.717) is 34.9 Å². The minimum absolute atomic E-state index is 0.00106. The highest BCUT2D eigenvalue weighted by Gasteiger charge is 2.37. The lowest BCUT2D eigenvalue weighted by atomic mass is 9.73. The fraction of sp³-hybridized carbons (Fsp3) is 0.444. The predicted octanol–water partition coefficient (Wildman–Crippen LogP) is 7.66. The van der Waals surface area contributed by atoms with Crippen molar-refractivity contribution in [3.63, 3.8) is 0 Å². The number of carboxylic acid groups (broad SMARTS) is 1. The van der Waals surface area contributed by atoms with Crippen LogP contribution in [-0.4, -0.2) is 15.6 Å². The fourth-order valence-corrected chi connectivity index (χ4v) is 5.89. The first kappa shape index (κ1) is 24.0. The Balaban J connectivity index is 1.32. The average molecular weight is 506 g/mol. The van der Waals surface area contributed by atoms with Gasteiger partial charge in [0.15, 0.2) is 0 Å². The van der Waals surface area contributed by atoms with E-state index in [9.17, 15) is 23.1 Å². The van der Waals surface area contributed by atoms with Gasteiger partial charge in [-0.2, -0.15) is 13.2 Å². The van der Waals surface area contributed by atoms with Crippen molar-refractivity contribution < 1.29 is 27.8 Å². The maximum absolute atomic E-state index is 13.8. The lowest BCUT2D eigenvalue weighted by Crippen LogP contribution is -2.35. The first-order chi connectivity index (χ1) is 16.7. The highest BCUT2D eigenvalue weighted by Crippen LogP contribution is 2.42. The zero-order valence-electron chi connectivity index (χ0n) is 19.2. The van der Waals surface area contributed by atoms with Gasteiger partial charge in [-0.1, -0.05) is 36.6 Å². The Morgan fingerprint density at radius 3 is 2.51 bits per heavy atom. The number of rotatable bonds is 7. The second-order valence-corrected chi connectivity index (χ2v) is 10.2. The molecule has 3 aromatic rings. The monoisotopic (exact) mass is 505 g/mol. The van der Waals surface area contributed by atoms with E-state index in [1.807, 2.05) is 22.9 Å². The second-order valence-electron chi connectivity index (χ2n) is 9.78. The summed E-state index contributed by atoms with van der Waals surface area (Å²) in [4.78, 5) is 11.3. The summed E-state index contributed by atoms with van der Waals surface area (Å²) in [6.45, 7) is 0.576. The molecule has 2 atom stereocenters. The third kappa shape index (κ3) is 4.88. The molecule has 0 spiro atoms. The van der Waals surface area contributed by atoms with E-state index in [1.165, 1.54) is 6.07 Å². The van der Waals surface area contributed by atoms with Crippen LogP contribution >= 0.6 is 11.6 Å². The number of aromatic nitrogens is 1. The van der Waals surface area contributed by atoms with E-state index < -0.39 is 17.7 Å². The summed E-state index contributed by atoms with van der Waals surface area (Å²) in [5.41, 5.74) is 1.08. The number of carbonyl (C=O) groups is 1. The molecule has 2 aromatic carbocycles. The highest BCUT2D eigenvalue weighted by molar-refractivity contribution is 6.35. The molecule has 1 heterocycles. The number of benzene rings is 2. The standard InChI is InChI=1S/C27H27ClF3NO3/c28-24-13-20(12-18-9-10-32(25(18)24)14-19-6-8-22(19)26(33)34)35-15-16-5-7-21(17-3-1-2-4-17)23(11-16)27(29,30)31/h5,7,9-13,17,19,22H,1-4,6,8,14-15H2,(H,33,34). The molecule has 8 heteroatoms. The molecule has 35 heavy (non-hydrogen) atoms. The van der Waals surface area contributed by atoms with Gasteiger partial charge >= 0.3 is 12.1 Å². The fourth-order valence-electron chi connectivity index (χ4n) is 5.57. The molecular weight excluding hydrogens is 479 g/mol. The Kier molecular flexibility index (Phi) is 6.47. The van der Waals surface area contributed by atoms with Crippen molar-refractivity contribution in [1.29, 1.82) is 0 Å². The lowest BCUT2D eigenvalue weighted by molar-refractivity contribution is -0.148. The molecule has 0 saturated heterocycles. The van der Waals surface area contributed by atoms with Gasteiger partial charge in [0.05, 0.1) is 22.0 Å². The normalized spacial score (nSPS) is 20.8. The van der Waals surface area contributed by atoms with Crippen LogP contribution in [0, 0.1) is 11.8 Å². The molecular formula is C27H27ClF3NO3. The summed E-state index contributed by atoms with van der Waals surface area (Å²) in [6, 6.07) is 9.90. The maximum atomic E-state index is 13.8. The van der Waals surface area contributed by atoms with Crippen molar-refractivity contribution in [3.05, 3.63) is 64.3 Å². The summed E-state index contributed by atoms with van der Waals surface area (Å²) >= 11 is 6.55. The zero-order valence-corrected chi connectivity index (χ0v) is 19.9. The quantitative estimate of drug-likeness (QED) is 0.358. The molecule has 2 fully saturated rings. The van der Waals surface area contributed by atoms with Crippen LogP contribution in [0.2, 0.25) is 5.02 Å². The Morgan fingerprint density at radius 1 is 1.09 bits per heavy atom. The Labute approximate surface area is 206 Å². The van der Waals surface area contributed by atoms with Crippen LogP contribution in [0.5, 0.6) is 5.75 Å². The number of nitrogens with zero attached hydrogens (tertiary/aromatic N) is 1. The Hall–Kier alpha value is -2.67. The van der Waals surface area contributed by atoms with Gasteiger partial charge in [-0.25, -0.2) is 0 Å². The van der Waals surface area contributed by atoms with Gasteiger partial charge in [-0.05, 0) is 66.8 Å². The molecule has 1 aromatic heterocycles. The van der Waals surface area contributed by atoms with Gasteiger partial charge in [0.25, 0.3) is 0 Å². The number of fused-ring (bicyclic) bond motifs is 1. The summed E-state index contributed by atoms with van der Waals surface area (Å²) in [5.74, 6) is -0.566. The van der Waals surface area contributed by atoms with Gasteiger partial charge in [0, 0.05) is 24.2 Å². The van der Waals surface area contributed by atoms with Crippen molar-refractivity contribution in [2.45, 2.75) is 63.8 Å². The van der Waals surface area contributed by atoms with Crippen LogP contribution in [0.1, 0.15) is 61.1 Å². The largest absolute Gasteiger partial charge is 0.489 e. The van der Waals surface area contributed by atoms with Gasteiger partial charge in [0.2, 0.25) is 0 Å². The van der Waals surface area contributed by atoms with Crippen molar-refractivity contribution >= 4 is 28.5 Å². The van der Waals surface area contributed by atoms with Gasteiger partial charge in [-0.3, -0.25) is 4.79 Å². The molecule has 1 N–H and O–H groups in total. The smallest absolute Gasteiger partial charge is 0.416 e. The summed E-state index contributed by atoms with van der Waals surface area (Å²) in [7, 11) is 0. The first-order valence-corrected chi connectivity index (χ1v) is 12.4. The number of aliphatic carboxylic acids is 1. The number of ether oxygens (including phenoxy) is 1. The predicted molar refractivity (Wildman–Crippen MR) is 128 cm³/mol. The van der Waals surface area contributed by atoms with E-state index in [1.54, 1.807) is 18.2 Å². The van der Waals surface area contributed by atoms with Crippen molar-refractivity contribution in [1.82, 2.24) is 4.57 Å². The Morgan fingerprint density at radius 2 is 1.86 bits per heavy atom. The van der Waals surface area contributed by atoms with E-state index in [-0.39, 0.29) is 24.4 Å². The number of hydrogen-bond donors (Lipinski definition) is 1. The van der Waals surface area contributed by atoms with Gasteiger partial charge in [0.1, 0.15) is 12.4 Å². The van der Waals surface area contributed by atoms with Crippen LogP contribution in [0.25, 0.3) is 10.9 Å². The molecule has 2 aliphatic rings. The van der Waals surface area contributed by atoms with Crippen LogP contribution in [-0.2, 0) is 24.1 Å². The third-order valence-electron chi connectivity index (χ3n) is 7.58. The minimum Gasteiger partial charge on any atom is -0.489 e. The second kappa shape index (κ2) is 9.41. The molecule has 0 amide bonds. The molecule has 2 saturated carbocycles. The van der Waals surface area contributed by atoms with Crippen molar-refractivity contribution in [2.24, 2.45) is 11.8 Å². The Bertz CT molecular complexity index is 1250. The maximum Gasteiger partial charge on any atom is 0.416 e. The van der Waals surface area contributed by atoms with Crippen LogP contribution in [0.3, 0.4) is 0 Å². The molecule has 2 aliphatic carbocycles. The molecule has 4 nitrogen and oxygen atoms in total. The SMILES string of the molecule is O=C(O)C1CCC1Cn1ccc2cc(OCc3ccc(C4CCCC4)c(C(F)(F)F)c3)cc(Cl)c21. The van der Waals surface area contributed by atoms with E-state index in [0.717, 1.165) is 43.0 Å². The van der Waals surface area contributed by atoms with Crippen LogP contribution in [0.15, 0.2) is 42.6 Å². The number of alkyl halides is 3. The molecule has 186 valence electrons. The van der Waals surface area contributed by atoms with Crippen molar-refractivity contribution in [3.8, 4) is 5.75 Å². The topological polar surface area (TPSA) is 51.5 Å². The van der Waals surface area contributed by atoms with Gasteiger partial charge in [-0.15, -0.1) is 0 Å². The third-order valence-corrected chi connectivity index (χ3v) is 7.87. The van der Waals surface area contributed by atoms with Crippen LogP contribution in [0.4, 0.5) is 13.2 Å². The molecule has 0 bridgehead atoms. The minimum atomic E-state index is -4.40. The summed E-state index contributed by atoms with van der Waals surface area (Å²) < 4.78 is 49.1. The number of hydrogen-bond acceptors (Lipinski definition) is 2. The molecule has 2 unspecified atom stereocenters. The van der Waals surface area contributed by atoms with Gasteiger partial charge < -0.3 is 14.4 Å². The van der Waals surface area contributed by atoms with E-state index in [4.69, 9.17) is 16.3 Å². The van der Waals surface area contributed by atoms with Crippen LogP contribution < -0.4 is 4.74 Å². The molecule has 0 aliphatic heterocycles. The molecule has 5 rings (SSSR count). The zero-order chi connectivity index (χ0) is 24.7. The van der Waals surface area contributed by atoms with E-state index in [2.05, 4.69) is 0 Å².